The number of hydrogen-bond acceptors (Lipinski definition) is 7. The predicted octanol–water partition coefficient (Wildman–Crippen LogP) is 1.67. The second-order valence-corrected chi connectivity index (χ2v) is 7.56. The summed E-state index contributed by atoms with van der Waals surface area (Å²) < 4.78 is 11.5. The number of primary amides is 1. The molecule has 4 rings (SSSR count). The van der Waals surface area contributed by atoms with E-state index in [0.717, 1.165) is 59.7 Å². The van der Waals surface area contributed by atoms with Gasteiger partial charge in [-0.05, 0) is 25.3 Å². The fraction of sp³-hybridized carbons (Fsp3) is 0.529. The summed E-state index contributed by atoms with van der Waals surface area (Å²) in [7, 11) is 0. The third-order valence-corrected chi connectivity index (χ3v) is 5.93. The smallest absolute Gasteiger partial charge is 0.260 e. The molecule has 2 aliphatic heterocycles. The van der Waals surface area contributed by atoms with Crippen LogP contribution in [0.5, 0.6) is 0 Å². The number of nitrogen functional groups attached to an aromatic ring is 1. The van der Waals surface area contributed by atoms with Crippen LogP contribution in [0.15, 0.2) is 0 Å². The molecular weight excluding hydrogens is 340 g/mol. The second kappa shape index (κ2) is 6.44. The molecule has 1 saturated heterocycles. The van der Waals surface area contributed by atoms with Gasteiger partial charge in [0.15, 0.2) is 0 Å². The van der Waals surface area contributed by atoms with E-state index in [9.17, 15) is 4.79 Å². The highest BCUT2D eigenvalue weighted by Crippen LogP contribution is 2.41. The first-order valence-electron chi connectivity index (χ1n) is 8.54. The Labute approximate surface area is 149 Å². The molecule has 0 aromatic carbocycles. The molecule has 1 amide bonds. The maximum atomic E-state index is 11.7. The van der Waals surface area contributed by atoms with Crippen molar-refractivity contribution in [2.45, 2.75) is 32.5 Å². The number of hydrogen-bond donors (Lipinski definition) is 2. The van der Waals surface area contributed by atoms with E-state index in [1.165, 1.54) is 11.3 Å². The van der Waals surface area contributed by atoms with Crippen LogP contribution in [0.25, 0.3) is 10.2 Å². The summed E-state index contributed by atoms with van der Waals surface area (Å²) in [5.74, 6) is 0.427. The molecule has 134 valence electrons. The molecule has 8 heteroatoms. The summed E-state index contributed by atoms with van der Waals surface area (Å²) in [5, 5.41) is 0.874. The lowest BCUT2D eigenvalue weighted by molar-refractivity contribution is 0.0416. The number of ether oxygens (including phenoxy) is 2. The summed E-state index contributed by atoms with van der Waals surface area (Å²) in [4.78, 5) is 20.0. The Morgan fingerprint density at radius 3 is 2.96 bits per heavy atom. The lowest BCUT2D eigenvalue weighted by atomic mass is 9.96. The number of thiophene rings is 1. The van der Waals surface area contributed by atoms with Crippen molar-refractivity contribution in [1.29, 1.82) is 0 Å². The number of nitrogens with two attached hydrogens (primary N) is 2. The van der Waals surface area contributed by atoms with E-state index in [-0.39, 0.29) is 6.10 Å². The largest absolute Gasteiger partial charge is 0.397 e. The minimum Gasteiger partial charge on any atom is -0.397 e. The standard InChI is InChI=1S/C17H22N4O3S/c1-9-7-10-11(8-24-9)16(21-3-2-5-23-6-4-21)20-17-12(10)13(18)14(25-17)15(19)22/h9H,2-8,18H2,1H3,(H2,19,22). The van der Waals surface area contributed by atoms with Gasteiger partial charge in [-0.1, -0.05) is 0 Å². The van der Waals surface area contributed by atoms with Crippen LogP contribution >= 0.6 is 11.3 Å². The van der Waals surface area contributed by atoms with Crippen LogP contribution in [0.3, 0.4) is 0 Å². The van der Waals surface area contributed by atoms with Crippen LogP contribution in [0.2, 0.25) is 0 Å². The Balaban J connectivity index is 1.93. The van der Waals surface area contributed by atoms with Gasteiger partial charge in [0.05, 0.1) is 25.0 Å². The summed E-state index contributed by atoms with van der Waals surface area (Å²) in [6, 6.07) is 0. The molecule has 0 bridgehead atoms. The average Bonchev–Trinajstić information content (AvgIpc) is 2.75. The number of anilines is 2. The Hall–Kier alpha value is -1.90. The molecule has 2 aliphatic rings. The number of rotatable bonds is 2. The molecule has 1 atom stereocenters. The van der Waals surface area contributed by atoms with Gasteiger partial charge in [-0.15, -0.1) is 11.3 Å². The molecule has 0 spiro atoms. The number of fused-ring (bicyclic) bond motifs is 3. The molecule has 0 saturated carbocycles. The zero-order valence-electron chi connectivity index (χ0n) is 14.2. The number of carbonyl (C=O) groups is 1. The molecule has 25 heavy (non-hydrogen) atoms. The first-order chi connectivity index (χ1) is 12.1. The van der Waals surface area contributed by atoms with Crippen LogP contribution < -0.4 is 16.4 Å². The van der Waals surface area contributed by atoms with Crippen LogP contribution in [-0.2, 0) is 22.5 Å². The van der Waals surface area contributed by atoms with Crippen LogP contribution in [0.1, 0.15) is 34.1 Å². The Kier molecular flexibility index (Phi) is 4.26. The summed E-state index contributed by atoms with van der Waals surface area (Å²) in [6.45, 7) is 5.70. The van der Waals surface area contributed by atoms with Gasteiger partial charge in [0.25, 0.3) is 5.91 Å². The predicted molar refractivity (Wildman–Crippen MR) is 98.2 cm³/mol. The van der Waals surface area contributed by atoms with Crippen molar-refractivity contribution in [2.75, 3.05) is 36.9 Å². The third kappa shape index (κ3) is 2.84. The van der Waals surface area contributed by atoms with E-state index < -0.39 is 5.91 Å². The maximum Gasteiger partial charge on any atom is 0.260 e. The fourth-order valence-electron chi connectivity index (χ4n) is 3.60. The van der Waals surface area contributed by atoms with Crippen molar-refractivity contribution in [1.82, 2.24) is 4.98 Å². The molecule has 0 radical (unpaired) electrons. The van der Waals surface area contributed by atoms with Gasteiger partial charge in [-0.25, -0.2) is 4.98 Å². The Morgan fingerprint density at radius 1 is 1.32 bits per heavy atom. The van der Waals surface area contributed by atoms with Gasteiger partial charge in [0, 0.05) is 30.6 Å². The lowest BCUT2D eigenvalue weighted by Gasteiger charge is -2.30. The quantitative estimate of drug-likeness (QED) is 0.842. The summed E-state index contributed by atoms with van der Waals surface area (Å²) >= 11 is 1.28. The van der Waals surface area contributed by atoms with Gasteiger partial charge >= 0.3 is 0 Å². The van der Waals surface area contributed by atoms with E-state index >= 15 is 0 Å². The fourth-order valence-corrected chi connectivity index (χ4v) is 4.58. The molecule has 1 fully saturated rings. The molecule has 2 aromatic rings. The lowest BCUT2D eigenvalue weighted by Crippen LogP contribution is -2.30. The zero-order chi connectivity index (χ0) is 17.6. The van der Waals surface area contributed by atoms with Crippen LogP contribution in [0, 0.1) is 0 Å². The normalized spacial score (nSPS) is 21.2. The number of nitrogens with zero attached hydrogens (tertiary/aromatic N) is 2. The highest BCUT2D eigenvalue weighted by atomic mass is 32.1. The molecule has 4 heterocycles. The molecule has 0 aliphatic carbocycles. The Bertz CT molecular complexity index is 827. The van der Waals surface area contributed by atoms with Crippen molar-refractivity contribution >= 4 is 39.0 Å². The first-order valence-corrected chi connectivity index (χ1v) is 9.35. The zero-order valence-corrected chi connectivity index (χ0v) is 15.0. The second-order valence-electron chi connectivity index (χ2n) is 6.56. The minimum atomic E-state index is -0.501. The minimum absolute atomic E-state index is 0.106. The van der Waals surface area contributed by atoms with E-state index in [4.69, 9.17) is 25.9 Å². The van der Waals surface area contributed by atoms with Crippen molar-refractivity contribution < 1.29 is 14.3 Å². The molecule has 4 N–H and O–H groups in total. The van der Waals surface area contributed by atoms with Gasteiger partial charge in [-0.2, -0.15) is 0 Å². The van der Waals surface area contributed by atoms with Crippen LogP contribution in [0.4, 0.5) is 11.5 Å². The molecule has 2 aromatic heterocycles. The number of carbonyl (C=O) groups excluding carboxylic acids is 1. The molecule has 7 nitrogen and oxygen atoms in total. The maximum absolute atomic E-state index is 11.7. The van der Waals surface area contributed by atoms with Crippen molar-refractivity contribution in [2.24, 2.45) is 5.73 Å². The highest BCUT2D eigenvalue weighted by Gasteiger charge is 2.29. The topological polar surface area (TPSA) is 104 Å². The SMILES string of the molecule is CC1Cc2c(c(N3CCCOCC3)nc3sc(C(N)=O)c(N)c23)CO1. The van der Waals surface area contributed by atoms with Gasteiger partial charge in [0.2, 0.25) is 0 Å². The van der Waals surface area contributed by atoms with Gasteiger partial charge < -0.3 is 25.8 Å². The Morgan fingerprint density at radius 2 is 2.16 bits per heavy atom. The third-order valence-electron chi connectivity index (χ3n) is 4.82. The number of aromatic nitrogens is 1. The highest BCUT2D eigenvalue weighted by molar-refractivity contribution is 7.21. The van der Waals surface area contributed by atoms with Crippen molar-refractivity contribution in [3.05, 3.63) is 16.0 Å². The average molecular weight is 362 g/mol. The molecule has 1 unspecified atom stereocenters. The number of pyridine rings is 1. The van der Waals surface area contributed by atoms with E-state index in [2.05, 4.69) is 4.90 Å². The van der Waals surface area contributed by atoms with Crippen LogP contribution in [-0.4, -0.2) is 43.3 Å². The monoisotopic (exact) mass is 362 g/mol. The van der Waals surface area contributed by atoms with E-state index in [0.29, 0.717) is 23.8 Å². The molecular formula is C17H22N4O3S. The summed E-state index contributed by atoms with van der Waals surface area (Å²) in [6.07, 6.45) is 1.82. The number of amides is 1. The van der Waals surface area contributed by atoms with Gasteiger partial charge in [-0.3, -0.25) is 4.79 Å². The van der Waals surface area contributed by atoms with E-state index in [1.54, 1.807) is 0 Å². The van der Waals surface area contributed by atoms with Gasteiger partial charge in [0.1, 0.15) is 15.5 Å². The summed E-state index contributed by atoms with van der Waals surface area (Å²) in [5.41, 5.74) is 14.4. The van der Waals surface area contributed by atoms with E-state index in [1.807, 2.05) is 6.92 Å². The van der Waals surface area contributed by atoms with Crippen molar-refractivity contribution in [3.63, 3.8) is 0 Å². The first kappa shape index (κ1) is 16.6. The van der Waals surface area contributed by atoms with Crippen molar-refractivity contribution in [3.8, 4) is 0 Å².